The van der Waals surface area contributed by atoms with Gasteiger partial charge in [-0.2, -0.15) is 5.10 Å². The fraction of sp³-hybridized carbons (Fsp3) is 0.200. The van der Waals surface area contributed by atoms with Crippen LogP contribution in [0.4, 0.5) is 10.5 Å². The zero-order valence-electron chi connectivity index (χ0n) is 11.6. The van der Waals surface area contributed by atoms with Crippen LogP contribution in [0.1, 0.15) is 6.92 Å². The molecule has 0 unspecified atom stereocenters. The van der Waals surface area contributed by atoms with E-state index in [1.807, 2.05) is 30.3 Å². The number of carbonyl (C=O) groups is 1. The van der Waals surface area contributed by atoms with Gasteiger partial charge in [0.25, 0.3) is 0 Å². The number of anilines is 1. The lowest BCUT2D eigenvalue weighted by atomic mass is 10.4. The number of rotatable bonds is 5. The van der Waals surface area contributed by atoms with Crippen molar-refractivity contribution >= 4 is 23.5 Å². The number of nitrogens with one attached hydrogen (secondary N) is 1. The Labute approximate surface area is 127 Å². The van der Waals surface area contributed by atoms with Gasteiger partial charge in [0.2, 0.25) is 0 Å². The number of aromatic nitrogens is 2. The van der Waals surface area contributed by atoms with Crippen LogP contribution in [0, 0.1) is 11.8 Å². The van der Waals surface area contributed by atoms with Gasteiger partial charge in [0.15, 0.2) is 6.61 Å². The third-order valence-electron chi connectivity index (χ3n) is 2.44. The van der Waals surface area contributed by atoms with E-state index in [4.69, 9.17) is 4.74 Å². The maximum atomic E-state index is 11.4. The summed E-state index contributed by atoms with van der Waals surface area (Å²) in [6, 6.07) is 10.1. The molecule has 0 bridgehead atoms. The molecule has 2 rings (SSSR count). The molecule has 0 atom stereocenters. The quantitative estimate of drug-likeness (QED) is 0.680. The minimum absolute atomic E-state index is 0.0837. The van der Waals surface area contributed by atoms with Crippen LogP contribution in [0.2, 0.25) is 0 Å². The molecule has 1 aromatic heterocycles. The largest absolute Gasteiger partial charge is 0.436 e. The van der Waals surface area contributed by atoms with E-state index < -0.39 is 6.09 Å². The van der Waals surface area contributed by atoms with E-state index in [1.54, 1.807) is 35.8 Å². The lowest BCUT2D eigenvalue weighted by Crippen LogP contribution is -2.13. The summed E-state index contributed by atoms with van der Waals surface area (Å²) in [4.78, 5) is 12.6. The monoisotopic (exact) mass is 301 g/mol. The number of hydrogen-bond acceptors (Lipinski definition) is 4. The molecule has 0 saturated carbocycles. The zero-order chi connectivity index (χ0) is 14.9. The Morgan fingerprint density at radius 1 is 1.43 bits per heavy atom. The second-order valence-electron chi connectivity index (χ2n) is 3.98. The topological polar surface area (TPSA) is 56.1 Å². The fourth-order valence-corrected chi connectivity index (χ4v) is 2.26. The van der Waals surface area contributed by atoms with Crippen LogP contribution < -0.4 is 5.32 Å². The van der Waals surface area contributed by atoms with E-state index in [0.29, 0.717) is 11.6 Å². The van der Waals surface area contributed by atoms with Crippen molar-refractivity contribution in [1.29, 1.82) is 0 Å². The van der Waals surface area contributed by atoms with Crippen molar-refractivity contribution in [2.24, 2.45) is 0 Å². The molecule has 1 aromatic carbocycles. The van der Waals surface area contributed by atoms with E-state index in [9.17, 15) is 4.79 Å². The molecular weight excluding hydrogens is 286 g/mol. The Morgan fingerprint density at radius 3 is 3.00 bits per heavy atom. The Kier molecular flexibility index (Phi) is 5.73. The summed E-state index contributed by atoms with van der Waals surface area (Å²) < 4.78 is 6.61. The predicted octanol–water partition coefficient (Wildman–Crippen LogP) is 3.20. The molecule has 1 heterocycles. The van der Waals surface area contributed by atoms with Crippen LogP contribution in [-0.4, -0.2) is 22.5 Å². The highest BCUT2D eigenvalue weighted by Crippen LogP contribution is 2.19. The molecule has 0 aliphatic carbocycles. The molecule has 5 nitrogen and oxygen atoms in total. The first kappa shape index (κ1) is 15.0. The molecule has 0 aliphatic rings. The Balaban J connectivity index is 1.80. The smallest absolute Gasteiger partial charge is 0.412 e. The van der Waals surface area contributed by atoms with E-state index in [1.165, 1.54) is 4.90 Å². The average Bonchev–Trinajstić information content (AvgIpc) is 2.94. The van der Waals surface area contributed by atoms with E-state index in [-0.39, 0.29) is 6.61 Å². The summed E-state index contributed by atoms with van der Waals surface area (Å²) in [5.74, 6) is 5.97. The molecule has 1 amide bonds. The Morgan fingerprint density at radius 2 is 2.24 bits per heavy atom. The second kappa shape index (κ2) is 8.02. The minimum atomic E-state index is -0.534. The van der Waals surface area contributed by atoms with Crippen molar-refractivity contribution in [3.63, 3.8) is 0 Å². The number of carbonyl (C=O) groups excluding carboxylic acids is 1. The third-order valence-corrected chi connectivity index (χ3v) is 3.44. The summed E-state index contributed by atoms with van der Waals surface area (Å²) in [5.41, 5.74) is 0.595. The van der Waals surface area contributed by atoms with Crippen LogP contribution >= 0.6 is 11.8 Å². The van der Waals surface area contributed by atoms with Gasteiger partial charge in [-0.1, -0.05) is 24.1 Å². The Hall–Kier alpha value is -2.39. The van der Waals surface area contributed by atoms with Gasteiger partial charge < -0.3 is 4.74 Å². The molecule has 0 aliphatic heterocycles. The molecular formula is C15H15N3O2S. The van der Waals surface area contributed by atoms with Gasteiger partial charge in [-0.25, -0.2) is 4.79 Å². The lowest BCUT2D eigenvalue weighted by Gasteiger charge is -2.02. The average molecular weight is 301 g/mol. The summed E-state index contributed by atoms with van der Waals surface area (Å²) in [6.45, 7) is 1.77. The van der Waals surface area contributed by atoms with Crippen LogP contribution in [0.25, 0.3) is 0 Å². The van der Waals surface area contributed by atoms with E-state index >= 15 is 0 Å². The van der Waals surface area contributed by atoms with Crippen LogP contribution in [0.5, 0.6) is 0 Å². The molecule has 21 heavy (non-hydrogen) atoms. The lowest BCUT2D eigenvalue weighted by molar-refractivity contribution is 0.176. The summed E-state index contributed by atoms with van der Waals surface area (Å²) >= 11 is 1.66. The molecule has 0 radical (unpaired) electrons. The highest BCUT2D eigenvalue weighted by atomic mass is 32.2. The van der Waals surface area contributed by atoms with Gasteiger partial charge in [-0.05, 0) is 19.1 Å². The van der Waals surface area contributed by atoms with Gasteiger partial charge in [-0.3, -0.25) is 10.00 Å². The second-order valence-corrected chi connectivity index (χ2v) is 5.00. The molecule has 108 valence electrons. The number of benzene rings is 1. The highest BCUT2D eigenvalue weighted by molar-refractivity contribution is 7.98. The Bertz CT molecular complexity index is 644. The molecule has 6 heteroatoms. The molecule has 1 N–H and O–H groups in total. The number of amides is 1. The van der Waals surface area contributed by atoms with Gasteiger partial charge in [0, 0.05) is 11.1 Å². The van der Waals surface area contributed by atoms with Gasteiger partial charge >= 0.3 is 6.09 Å². The van der Waals surface area contributed by atoms with Crippen molar-refractivity contribution in [3.8, 4) is 11.8 Å². The van der Waals surface area contributed by atoms with Gasteiger partial charge in [0.05, 0.1) is 17.8 Å². The van der Waals surface area contributed by atoms with Crippen molar-refractivity contribution in [1.82, 2.24) is 9.78 Å². The van der Waals surface area contributed by atoms with Crippen LogP contribution in [-0.2, 0) is 10.6 Å². The van der Waals surface area contributed by atoms with Crippen molar-refractivity contribution in [3.05, 3.63) is 42.7 Å². The van der Waals surface area contributed by atoms with Crippen molar-refractivity contribution in [2.45, 2.75) is 17.7 Å². The SMILES string of the molecule is CC#CCOC(=O)Nc1cnn(CSc2ccccc2)c1. The highest BCUT2D eigenvalue weighted by Gasteiger charge is 2.05. The molecule has 0 spiro atoms. The third kappa shape index (κ3) is 5.24. The number of ether oxygens (including phenoxy) is 1. The molecule has 0 saturated heterocycles. The standard InChI is InChI=1S/C15H15N3O2S/c1-2-3-9-20-15(19)17-13-10-16-18(11-13)12-21-14-7-5-4-6-8-14/h4-8,10-11H,9,12H2,1H3,(H,17,19). The van der Waals surface area contributed by atoms with Gasteiger partial charge in [0.1, 0.15) is 0 Å². The molecule has 2 aromatic rings. The van der Waals surface area contributed by atoms with Crippen molar-refractivity contribution in [2.75, 3.05) is 11.9 Å². The molecule has 0 fully saturated rings. The first-order valence-corrected chi connectivity index (χ1v) is 7.30. The number of thioether (sulfide) groups is 1. The normalized spacial score (nSPS) is 9.57. The maximum Gasteiger partial charge on any atom is 0.412 e. The van der Waals surface area contributed by atoms with E-state index in [2.05, 4.69) is 22.3 Å². The first-order valence-electron chi connectivity index (χ1n) is 6.31. The van der Waals surface area contributed by atoms with Gasteiger partial charge in [-0.15, -0.1) is 17.7 Å². The number of nitrogens with zero attached hydrogens (tertiary/aromatic N) is 2. The van der Waals surface area contributed by atoms with Crippen LogP contribution in [0.15, 0.2) is 47.6 Å². The zero-order valence-corrected chi connectivity index (χ0v) is 12.4. The summed E-state index contributed by atoms with van der Waals surface area (Å²) in [6.07, 6.45) is 2.80. The van der Waals surface area contributed by atoms with Crippen molar-refractivity contribution < 1.29 is 9.53 Å². The van der Waals surface area contributed by atoms with Crippen LogP contribution in [0.3, 0.4) is 0 Å². The summed E-state index contributed by atoms with van der Waals surface area (Å²) in [5, 5.41) is 6.78. The maximum absolute atomic E-state index is 11.4. The van der Waals surface area contributed by atoms with E-state index in [0.717, 1.165) is 0 Å². The summed E-state index contributed by atoms with van der Waals surface area (Å²) in [7, 11) is 0. The fourth-order valence-electron chi connectivity index (χ4n) is 1.48. The first-order chi connectivity index (χ1) is 10.3. The predicted molar refractivity (Wildman–Crippen MR) is 82.9 cm³/mol. The number of hydrogen-bond donors (Lipinski definition) is 1. The minimum Gasteiger partial charge on any atom is -0.436 e.